The lowest BCUT2D eigenvalue weighted by molar-refractivity contribution is -0.136. The van der Waals surface area contributed by atoms with E-state index < -0.39 is 5.97 Å². The normalized spacial score (nSPS) is 10.6. The summed E-state index contributed by atoms with van der Waals surface area (Å²) in [5, 5.41) is 12.4. The van der Waals surface area contributed by atoms with E-state index in [1.54, 1.807) is 24.3 Å². The molecule has 3 aromatic rings. The SMILES string of the molecule is CCCOc1ccc(C(=O)NCc2cc(-c3cccc(CC(=O)O)c3)ccc2OCCC)c(Cl)c1. The first-order valence-electron chi connectivity index (χ1n) is 11.7. The van der Waals surface area contributed by atoms with Crippen molar-refractivity contribution in [1.29, 1.82) is 0 Å². The maximum Gasteiger partial charge on any atom is 0.307 e. The highest BCUT2D eigenvalue weighted by atomic mass is 35.5. The number of hydrogen-bond acceptors (Lipinski definition) is 4. The van der Waals surface area contributed by atoms with E-state index in [-0.39, 0.29) is 18.9 Å². The highest BCUT2D eigenvalue weighted by Crippen LogP contribution is 2.28. The van der Waals surface area contributed by atoms with Crippen molar-refractivity contribution in [2.45, 2.75) is 39.7 Å². The molecule has 0 spiro atoms. The minimum Gasteiger partial charge on any atom is -0.494 e. The summed E-state index contributed by atoms with van der Waals surface area (Å²) in [6.07, 6.45) is 1.69. The van der Waals surface area contributed by atoms with Crippen molar-refractivity contribution in [3.63, 3.8) is 0 Å². The lowest BCUT2D eigenvalue weighted by Gasteiger charge is -2.15. The van der Waals surface area contributed by atoms with E-state index in [0.717, 1.165) is 35.1 Å². The van der Waals surface area contributed by atoms with Crippen LogP contribution in [0, 0.1) is 0 Å². The summed E-state index contributed by atoms with van der Waals surface area (Å²) in [7, 11) is 0. The van der Waals surface area contributed by atoms with E-state index in [1.807, 2.05) is 50.2 Å². The molecule has 3 rings (SSSR count). The maximum atomic E-state index is 12.9. The molecule has 3 aromatic carbocycles. The Bertz CT molecular complexity index is 1180. The van der Waals surface area contributed by atoms with Gasteiger partial charge in [-0.15, -0.1) is 0 Å². The second kappa shape index (κ2) is 12.8. The molecule has 0 aliphatic heterocycles. The first-order chi connectivity index (χ1) is 16.9. The summed E-state index contributed by atoms with van der Waals surface area (Å²) in [5.74, 6) is 0.137. The molecule has 6 nitrogen and oxygen atoms in total. The zero-order valence-electron chi connectivity index (χ0n) is 20.0. The van der Waals surface area contributed by atoms with E-state index >= 15 is 0 Å². The van der Waals surface area contributed by atoms with Crippen LogP contribution < -0.4 is 14.8 Å². The summed E-state index contributed by atoms with van der Waals surface area (Å²) in [6, 6.07) is 18.2. The van der Waals surface area contributed by atoms with Crippen LogP contribution >= 0.6 is 11.6 Å². The first-order valence-corrected chi connectivity index (χ1v) is 12.1. The molecule has 0 unspecified atom stereocenters. The van der Waals surface area contributed by atoms with Crippen LogP contribution in [0.4, 0.5) is 0 Å². The number of halogens is 1. The molecule has 1 amide bonds. The average Bonchev–Trinajstić information content (AvgIpc) is 2.84. The largest absolute Gasteiger partial charge is 0.494 e. The molecule has 35 heavy (non-hydrogen) atoms. The van der Waals surface area contributed by atoms with Crippen molar-refractivity contribution in [3.05, 3.63) is 82.4 Å². The van der Waals surface area contributed by atoms with Gasteiger partial charge in [-0.1, -0.05) is 55.8 Å². The Labute approximate surface area is 210 Å². The Morgan fingerprint density at radius 1 is 0.914 bits per heavy atom. The van der Waals surface area contributed by atoms with Gasteiger partial charge in [-0.25, -0.2) is 0 Å². The van der Waals surface area contributed by atoms with E-state index in [9.17, 15) is 9.59 Å². The number of aliphatic carboxylic acids is 1. The molecule has 0 aromatic heterocycles. The van der Waals surface area contributed by atoms with Crippen molar-refractivity contribution in [1.82, 2.24) is 5.32 Å². The molecule has 0 bridgehead atoms. The van der Waals surface area contributed by atoms with Crippen LogP contribution in [0.1, 0.15) is 48.2 Å². The van der Waals surface area contributed by atoms with Crippen molar-refractivity contribution in [2.24, 2.45) is 0 Å². The number of rotatable bonds is 12. The topological polar surface area (TPSA) is 84.9 Å². The third kappa shape index (κ3) is 7.49. The number of benzene rings is 3. The minimum absolute atomic E-state index is 0.0442. The van der Waals surface area contributed by atoms with Gasteiger partial charge in [0.1, 0.15) is 11.5 Å². The zero-order valence-corrected chi connectivity index (χ0v) is 20.7. The number of carboxylic acids is 1. The van der Waals surface area contributed by atoms with Crippen LogP contribution in [0.15, 0.2) is 60.7 Å². The van der Waals surface area contributed by atoms with Crippen molar-refractivity contribution < 1.29 is 24.2 Å². The van der Waals surface area contributed by atoms with Crippen molar-refractivity contribution in [3.8, 4) is 22.6 Å². The molecule has 0 radical (unpaired) electrons. The molecule has 0 saturated carbocycles. The number of carbonyl (C=O) groups excluding carboxylic acids is 1. The summed E-state index contributed by atoms with van der Waals surface area (Å²) in [4.78, 5) is 24.0. The van der Waals surface area contributed by atoms with Gasteiger partial charge in [0.05, 0.1) is 30.2 Å². The quantitative estimate of drug-likeness (QED) is 0.315. The van der Waals surface area contributed by atoms with Crippen LogP contribution in [-0.2, 0) is 17.8 Å². The van der Waals surface area contributed by atoms with Crippen LogP contribution in [0.2, 0.25) is 5.02 Å². The predicted octanol–water partition coefficient (Wildman–Crippen LogP) is 6.14. The number of carbonyl (C=O) groups is 2. The second-order valence-corrected chi connectivity index (χ2v) is 8.52. The van der Waals surface area contributed by atoms with Gasteiger partial charge in [-0.2, -0.15) is 0 Å². The molecule has 0 aliphatic carbocycles. The molecule has 2 N–H and O–H groups in total. The van der Waals surface area contributed by atoms with Gasteiger partial charge in [-0.3, -0.25) is 9.59 Å². The van der Waals surface area contributed by atoms with Gasteiger partial charge in [0, 0.05) is 12.1 Å². The molecule has 0 fully saturated rings. The Morgan fingerprint density at radius 3 is 2.37 bits per heavy atom. The fourth-order valence-corrected chi connectivity index (χ4v) is 3.80. The summed E-state index contributed by atoms with van der Waals surface area (Å²) in [5.41, 5.74) is 3.69. The zero-order chi connectivity index (χ0) is 25.2. The molecule has 0 aliphatic rings. The predicted molar refractivity (Wildman–Crippen MR) is 137 cm³/mol. The number of amides is 1. The molecular formula is C28H30ClNO5. The Kier molecular flexibility index (Phi) is 9.56. The van der Waals surface area contributed by atoms with Gasteiger partial charge in [0.25, 0.3) is 5.91 Å². The fourth-order valence-electron chi connectivity index (χ4n) is 3.55. The Morgan fingerprint density at radius 2 is 1.66 bits per heavy atom. The molecule has 184 valence electrons. The van der Waals surface area contributed by atoms with E-state index in [4.69, 9.17) is 26.2 Å². The van der Waals surface area contributed by atoms with Crippen LogP contribution in [0.25, 0.3) is 11.1 Å². The maximum absolute atomic E-state index is 12.9. The molecule has 0 heterocycles. The van der Waals surface area contributed by atoms with Gasteiger partial charge < -0.3 is 19.9 Å². The van der Waals surface area contributed by atoms with Crippen LogP contribution in [-0.4, -0.2) is 30.2 Å². The number of hydrogen-bond donors (Lipinski definition) is 2. The van der Waals surface area contributed by atoms with E-state index in [0.29, 0.717) is 35.3 Å². The third-order valence-corrected chi connectivity index (χ3v) is 5.55. The monoisotopic (exact) mass is 495 g/mol. The fraction of sp³-hybridized carbons (Fsp3) is 0.286. The summed E-state index contributed by atoms with van der Waals surface area (Å²) in [6.45, 7) is 5.42. The van der Waals surface area contributed by atoms with E-state index in [1.165, 1.54) is 0 Å². The standard InChI is InChI=1S/C28H30ClNO5/c1-3-12-34-23-9-10-24(25(29)17-23)28(33)30-18-22-16-21(8-11-26(22)35-13-4-2)20-7-5-6-19(14-20)15-27(31)32/h5-11,14,16-17H,3-4,12-13,15,18H2,1-2H3,(H,30,33)(H,31,32). The summed E-state index contributed by atoms with van der Waals surface area (Å²) >= 11 is 6.33. The van der Waals surface area contributed by atoms with Gasteiger partial charge in [0.2, 0.25) is 0 Å². The number of carboxylic acid groups (broad SMARTS) is 1. The van der Waals surface area contributed by atoms with Crippen LogP contribution in [0.5, 0.6) is 11.5 Å². The third-order valence-electron chi connectivity index (χ3n) is 5.24. The number of nitrogens with one attached hydrogen (secondary N) is 1. The van der Waals surface area contributed by atoms with Gasteiger partial charge >= 0.3 is 5.97 Å². The second-order valence-electron chi connectivity index (χ2n) is 8.11. The smallest absolute Gasteiger partial charge is 0.307 e. The summed E-state index contributed by atoms with van der Waals surface area (Å²) < 4.78 is 11.5. The minimum atomic E-state index is -0.877. The number of ether oxygens (including phenoxy) is 2. The highest BCUT2D eigenvalue weighted by molar-refractivity contribution is 6.34. The lowest BCUT2D eigenvalue weighted by Crippen LogP contribution is -2.23. The van der Waals surface area contributed by atoms with Crippen molar-refractivity contribution >= 4 is 23.5 Å². The highest BCUT2D eigenvalue weighted by Gasteiger charge is 2.14. The van der Waals surface area contributed by atoms with Crippen molar-refractivity contribution in [2.75, 3.05) is 13.2 Å². The lowest BCUT2D eigenvalue weighted by atomic mass is 9.99. The average molecular weight is 496 g/mol. The molecule has 0 atom stereocenters. The Hall–Kier alpha value is -3.51. The van der Waals surface area contributed by atoms with Gasteiger partial charge in [0.15, 0.2) is 0 Å². The Balaban J connectivity index is 1.81. The molecule has 0 saturated heterocycles. The van der Waals surface area contributed by atoms with E-state index in [2.05, 4.69) is 5.32 Å². The molecular weight excluding hydrogens is 466 g/mol. The van der Waals surface area contributed by atoms with Crippen LogP contribution in [0.3, 0.4) is 0 Å². The first kappa shape index (κ1) is 26.1. The molecule has 7 heteroatoms. The van der Waals surface area contributed by atoms with Gasteiger partial charge in [-0.05, 0) is 59.9 Å².